The van der Waals surface area contributed by atoms with Crippen LogP contribution in [0.2, 0.25) is 0 Å². The number of carbonyl (C=O) groups is 1. The van der Waals surface area contributed by atoms with Gasteiger partial charge in [-0.1, -0.05) is 0 Å². The van der Waals surface area contributed by atoms with Gasteiger partial charge < -0.3 is 9.84 Å². The van der Waals surface area contributed by atoms with Crippen LogP contribution < -0.4 is 4.74 Å². The summed E-state index contributed by atoms with van der Waals surface area (Å²) >= 11 is 0. The molecular weight excluding hydrogens is 279 g/mol. The van der Waals surface area contributed by atoms with E-state index >= 15 is 0 Å². The lowest BCUT2D eigenvalue weighted by atomic mass is 9.76. The number of carboxylic acid groups (broad SMARTS) is 1. The number of carboxylic acids is 1. The first kappa shape index (κ1) is 13.5. The van der Waals surface area contributed by atoms with Crippen LogP contribution in [0.4, 0.5) is 4.39 Å². The van der Waals surface area contributed by atoms with E-state index in [4.69, 9.17) is 4.74 Å². The third-order valence-corrected chi connectivity index (χ3v) is 3.86. The van der Waals surface area contributed by atoms with Gasteiger partial charge in [0, 0.05) is 5.56 Å². The van der Waals surface area contributed by atoms with Gasteiger partial charge in [-0.15, -0.1) is 5.10 Å². The van der Waals surface area contributed by atoms with Crippen LogP contribution in [0, 0.1) is 5.82 Å². The van der Waals surface area contributed by atoms with Crippen molar-refractivity contribution in [2.45, 2.75) is 24.8 Å². The Bertz CT molecular complexity index is 696. The summed E-state index contributed by atoms with van der Waals surface area (Å²) < 4.78 is 19.9. The number of tetrazole rings is 1. The first-order chi connectivity index (χ1) is 10.1. The van der Waals surface area contributed by atoms with Gasteiger partial charge in [0.05, 0.1) is 7.11 Å². The largest absolute Gasteiger partial charge is 0.494 e. The molecule has 0 saturated heterocycles. The molecule has 1 aliphatic carbocycles. The summed E-state index contributed by atoms with van der Waals surface area (Å²) in [5, 5.41) is 20.6. The van der Waals surface area contributed by atoms with Gasteiger partial charge in [0.1, 0.15) is 0 Å². The number of nitrogens with zero attached hydrogens (tertiary/aromatic N) is 4. The highest BCUT2D eigenvalue weighted by molar-refractivity contribution is 5.78. The van der Waals surface area contributed by atoms with E-state index in [2.05, 4.69) is 15.5 Å². The zero-order valence-corrected chi connectivity index (χ0v) is 11.3. The van der Waals surface area contributed by atoms with Gasteiger partial charge >= 0.3 is 5.97 Å². The molecule has 0 unspecified atom stereocenters. The molecule has 8 heteroatoms. The number of benzene rings is 1. The lowest BCUT2D eigenvalue weighted by Crippen LogP contribution is -2.48. The normalized spacial score (nSPS) is 16.3. The zero-order chi connectivity index (χ0) is 15.0. The fraction of sp³-hybridized carbons (Fsp3) is 0.385. The van der Waals surface area contributed by atoms with Crippen LogP contribution in [0.3, 0.4) is 0 Å². The molecule has 1 aromatic carbocycles. The number of ether oxygens (including phenoxy) is 1. The van der Waals surface area contributed by atoms with E-state index in [1.54, 1.807) is 6.07 Å². The standard InChI is InChI=1S/C13H13FN4O3/c1-21-10-4-3-8(7-9(10)14)11-15-16-17-18(11)13(12(19)20)5-2-6-13/h3-4,7H,2,5-6H2,1H3,(H,19,20). The molecule has 110 valence electrons. The Labute approximate surface area is 119 Å². The summed E-state index contributed by atoms with van der Waals surface area (Å²) in [5.74, 6) is -1.19. The molecule has 1 fully saturated rings. The third kappa shape index (κ3) is 1.94. The van der Waals surface area contributed by atoms with E-state index in [-0.39, 0.29) is 11.6 Å². The Balaban J connectivity index is 2.07. The number of halogens is 1. The maximum absolute atomic E-state index is 13.8. The summed E-state index contributed by atoms with van der Waals surface area (Å²) in [6.07, 6.45) is 1.71. The predicted molar refractivity (Wildman–Crippen MR) is 69.2 cm³/mol. The Morgan fingerprint density at radius 2 is 2.24 bits per heavy atom. The minimum absolute atomic E-state index is 0.106. The Morgan fingerprint density at radius 1 is 1.48 bits per heavy atom. The quantitative estimate of drug-likeness (QED) is 0.917. The highest BCUT2D eigenvalue weighted by Crippen LogP contribution is 2.41. The monoisotopic (exact) mass is 292 g/mol. The van der Waals surface area contributed by atoms with Gasteiger partial charge in [-0.3, -0.25) is 0 Å². The van der Waals surface area contributed by atoms with Crippen molar-refractivity contribution in [3.63, 3.8) is 0 Å². The molecule has 0 atom stereocenters. The highest BCUT2D eigenvalue weighted by Gasteiger charge is 2.49. The molecule has 1 heterocycles. The Hall–Kier alpha value is -2.51. The second-order valence-electron chi connectivity index (χ2n) is 4.95. The van der Waals surface area contributed by atoms with Crippen LogP contribution >= 0.6 is 0 Å². The van der Waals surface area contributed by atoms with E-state index in [1.165, 1.54) is 23.9 Å². The molecule has 0 radical (unpaired) electrons. The molecule has 0 spiro atoms. The first-order valence-electron chi connectivity index (χ1n) is 6.45. The summed E-state index contributed by atoms with van der Waals surface area (Å²) in [7, 11) is 1.37. The minimum atomic E-state index is -1.13. The Morgan fingerprint density at radius 3 is 2.76 bits per heavy atom. The molecule has 3 rings (SSSR count). The number of methoxy groups -OCH3 is 1. The highest BCUT2D eigenvalue weighted by atomic mass is 19.1. The smallest absolute Gasteiger partial charge is 0.331 e. The minimum Gasteiger partial charge on any atom is -0.494 e. The predicted octanol–water partition coefficient (Wildman–Crippen LogP) is 1.45. The molecule has 1 aromatic heterocycles. The Kier molecular flexibility index (Phi) is 3.08. The number of rotatable bonds is 4. The van der Waals surface area contributed by atoms with Gasteiger partial charge in [-0.2, -0.15) is 0 Å². The van der Waals surface area contributed by atoms with Crippen molar-refractivity contribution < 1.29 is 19.0 Å². The van der Waals surface area contributed by atoms with E-state index < -0.39 is 17.3 Å². The molecule has 1 N–H and O–H groups in total. The second kappa shape index (κ2) is 4.80. The summed E-state index contributed by atoms with van der Waals surface area (Å²) in [5.41, 5.74) is -0.722. The van der Waals surface area contributed by atoms with Crippen LogP contribution in [0.5, 0.6) is 5.75 Å². The van der Waals surface area contributed by atoms with Crippen molar-refractivity contribution in [3.05, 3.63) is 24.0 Å². The molecule has 1 saturated carbocycles. The molecule has 0 bridgehead atoms. The van der Waals surface area contributed by atoms with Crippen molar-refractivity contribution in [1.82, 2.24) is 20.2 Å². The average Bonchev–Trinajstić information content (AvgIpc) is 2.86. The van der Waals surface area contributed by atoms with Crippen LogP contribution in [0.25, 0.3) is 11.4 Å². The third-order valence-electron chi connectivity index (χ3n) is 3.86. The zero-order valence-electron chi connectivity index (χ0n) is 11.3. The van der Waals surface area contributed by atoms with Gasteiger partial charge in [-0.25, -0.2) is 13.9 Å². The molecule has 7 nitrogen and oxygen atoms in total. The topological polar surface area (TPSA) is 90.1 Å². The molecular formula is C13H13FN4O3. The van der Waals surface area contributed by atoms with Crippen molar-refractivity contribution in [2.75, 3.05) is 7.11 Å². The molecule has 21 heavy (non-hydrogen) atoms. The molecule has 1 aliphatic rings. The number of hydrogen-bond donors (Lipinski definition) is 1. The van der Waals surface area contributed by atoms with Crippen LogP contribution in [-0.2, 0) is 10.3 Å². The van der Waals surface area contributed by atoms with E-state index in [0.717, 1.165) is 6.42 Å². The van der Waals surface area contributed by atoms with E-state index in [0.29, 0.717) is 18.4 Å². The summed E-state index contributed by atoms with van der Waals surface area (Å²) in [4.78, 5) is 11.5. The van der Waals surface area contributed by atoms with Crippen molar-refractivity contribution in [1.29, 1.82) is 0 Å². The van der Waals surface area contributed by atoms with Crippen molar-refractivity contribution >= 4 is 5.97 Å². The number of aliphatic carboxylic acids is 1. The summed E-state index contributed by atoms with van der Waals surface area (Å²) in [6.45, 7) is 0. The number of hydrogen-bond acceptors (Lipinski definition) is 5. The van der Waals surface area contributed by atoms with Crippen LogP contribution in [0.1, 0.15) is 19.3 Å². The lowest BCUT2D eigenvalue weighted by molar-refractivity contribution is -0.153. The molecule has 2 aromatic rings. The van der Waals surface area contributed by atoms with Crippen LogP contribution in [0.15, 0.2) is 18.2 Å². The summed E-state index contributed by atoms with van der Waals surface area (Å²) in [6, 6.07) is 4.28. The van der Waals surface area contributed by atoms with Gasteiger partial charge in [0.15, 0.2) is 22.9 Å². The fourth-order valence-corrected chi connectivity index (χ4v) is 2.49. The van der Waals surface area contributed by atoms with E-state index in [1.807, 2.05) is 0 Å². The second-order valence-corrected chi connectivity index (χ2v) is 4.95. The maximum Gasteiger partial charge on any atom is 0.331 e. The molecule has 0 aliphatic heterocycles. The van der Waals surface area contributed by atoms with E-state index in [9.17, 15) is 14.3 Å². The maximum atomic E-state index is 13.8. The van der Waals surface area contributed by atoms with Crippen LogP contribution in [-0.4, -0.2) is 38.4 Å². The van der Waals surface area contributed by atoms with Gasteiger partial charge in [0.25, 0.3) is 0 Å². The fourth-order valence-electron chi connectivity index (χ4n) is 2.49. The van der Waals surface area contributed by atoms with Gasteiger partial charge in [0.2, 0.25) is 0 Å². The first-order valence-corrected chi connectivity index (χ1v) is 6.45. The SMILES string of the molecule is COc1ccc(-c2nnnn2C2(C(=O)O)CCC2)cc1F. The van der Waals surface area contributed by atoms with Crippen molar-refractivity contribution in [3.8, 4) is 17.1 Å². The van der Waals surface area contributed by atoms with Crippen molar-refractivity contribution in [2.24, 2.45) is 0 Å². The van der Waals surface area contributed by atoms with Gasteiger partial charge in [-0.05, 0) is 47.9 Å². The molecule has 0 amide bonds. The number of aromatic nitrogens is 4. The lowest BCUT2D eigenvalue weighted by Gasteiger charge is -2.37. The average molecular weight is 292 g/mol.